The number of ether oxygens (including phenoxy) is 1. The first-order chi connectivity index (χ1) is 8.86. The lowest BCUT2D eigenvalue weighted by molar-refractivity contribution is 0.121. The van der Waals surface area contributed by atoms with Gasteiger partial charge in [0.05, 0.1) is 24.4 Å². The van der Waals surface area contributed by atoms with Gasteiger partial charge in [-0.1, -0.05) is 25.1 Å². The number of rotatable bonds is 7. The van der Waals surface area contributed by atoms with Crippen molar-refractivity contribution in [2.24, 2.45) is 0 Å². The van der Waals surface area contributed by atoms with E-state index in [1.54, 1.807) is 0 Å². The molecule has 0 saturated carbocycles. The predicted molar refractivity (Wildman–Crippen MR) is 73.6 cm³/mol. The standard InChI is InChI=1S/C14H21N3O/c1-3-15-9-10-18-11-13-12-7-5-6-8-14(12)17(4-2)16-13/h5-8,15H,3-4,9-11H2,1-2H3. The molecular formula is C14H21N3O. The lowest BCUT2D eigenvalue weighted by Gasteiger charge is -2.02. The predicted octanol–water partition coefficient (Wildman–Crippen LogP) is 2.18. The van der Waals surface area contributed by atoms with E-state index >= 15 is 0 Å². The minimum atomic E-state index is 0.582. The first kappa shape index (κ1) is 13.1. The fourth-order valence-corrected chi connectivity index (χ4v) is 2.03. The highest BCUT2D eigenvalue weighted by atomic mass is 16.5. The number of nitrogens with zero attached hydrogens (tertiary/aromatic N) is 2. The number of likely N-dealkylation sites (N-methyl/N-ethyl adjacent to an activating group) is 1. The van der Waals surface area contributed by atoms with E-state index in [0.717, 1.165) is 31.9 Å². The molecule has 0 fully saturated rings. The van der Waals surface area contributed by atoms with E-state index in [0.29, 0.717) is 6.61 Å². The van der Waals surface area contributed by atoms with Gasteiger partial charge in [-0.05, 0) is 19.5 Å². The third kappa shape index (κ3) is 2.89. The molecule has 0 bridgehead atoms. The molecular weight excluding hydrogens is 226 g/mol. The van der Waals surface area contributed by atoms with Crippen molar-refractivity contribution >= 4 is 10.9 Å². The molecule has 98 valence electrons. The Balaban J connectivity index is 2.04. The first-order valence-electron chi connectivity index (χ1n) is 6.59. The van der Waals surface area contributed by atoms with E-state index in [1.165, 1.54) is 10.9 Å². The highest BCUT2D eigenvalue weighted by Gasteiger charge is 2.08. The van der Waals surface area contributed by atoms with Gasteiger partial charge < -0.3 is 10.1 Å². The van der Waals surface area contributed by atoms with Gasteiger partial charge in [0.25, 0.3) is 0 Å². The van der Waals surface area contributed by atoms with Crippen molar-refractivity contribution in [2.45, 2.75) is 27.0 Å². The molecule has 0 unspecified atom stereocenters. The molecule has 0 radical (unpaired) electrons. The molecule has 2 rings (SSSR count). The van der Waals surface area contributed by atoms with Crippen molar-refractivity contribution in [3.05, 3.63) is 30.0 Å². The molecule has 4 heteroatoms. The van der Waals surface area contributed by atoms with Gasteiger partial charge in [0.15, 0.2) is 0 Å². The van der Waals surface area contributed by atoms with Crippen molar-refractivity contribution in [3.63, 3.8) is 0 Å². The quantitative estimate of drug-likeness (QED) is 0.762. The summed E-state index contributed by atoms with van der Waals surface area (Å²) in [6.45, 7) is 8.27. The molecule has 0 amide bonds. The van der Waals surface area contributed by atoms with Crippen LogP contribution in [0, 0.1) is 0 Å². The highest BCUT2D eigenvalue weighted by Crippen LogP contribution is 2.18. The second-order valence-electron chi connectivity index (χ2n) is 4.19. The Morgan fingerprint density at radius 1 is 1.28 bits per heavy atom. The molecule has 0 saturated heterocycles. The lowest BCUT2D eigenvalue weighted by atomic mass is 10.2. The second-order valence-corrected chi connectivity index (χ2v) is 4.19. The summed E-state index contributed by atoms with van der Waals surface area (Å²) in [5.41, 5.74) is 2.22. The van der Waals surface area contributed by atoms with Crippen LogP contribution in [-0.4, -0.2) is 29.5 Å². The lowest BCUT2D eigenvalue weighted by Crippen LogP contribution is -2.18. The van der Waals surface area contributed by atoms with Gasteiger partial charge in [-0.15, -0.1) is 0 Å². The van der Waals surface area contributed by atoms with Crippen LogP contribution >= 0.6 is 0 Å². The van der Waals surface area contributed by atoms with Gasteiger partial charge in [0.1, 0.15) is 0 Å². The number of hydrogen-bond donors (Lipinski definition) is 1. The zero-order valence-electron chi connectivity index (χ0n) is 11.1. The number of nitrogens with one attached hydrogen (secondary N) is 1. The minimum Gasteiger partial charge on any atom is -0.374 e. The van der Waals surface area contributed by atoms with Crippen LogP contribution < -0.4 is 5.32 Å². The smallest absolute Gasteiger partial charge is 0.0960 e. The molecule has 1 heterocycles. The Morgan fingerprint density at radius 2 is 2.11 bits per heavy atom. The van der Waals surface area contributed by atoms with Gasteiger partial charge in [-0.2, -0.15) is 5.10 Å². The van der Waals surface area contributed by atoms with E-state index in [-0.39, 0.29) is 0 Å². The van der Waals surface area contributed by atoms with E-state index in [2.05, 4.69) is 36.4 Å². The summed E-state index contributed by atoms with van der Waals surface area (Å²) in [4.78, 5) is 0. The molecule has 1 N–H and O–H groups in total. The maximum Gasteiger partial charge on any atom is 0.0960 e. The minimum absolute atomic E-state index is 0.582. The summed E-state index contributed by atoms with van der Waals surface area (Å²) >= 11 is 0. The van der Waals surface area contributed by atoms with Crippen molar-refractivity contribution in [3.8, 4) is 0 Å². The molecule has 18 heavy (non-hydrogen) atoms. The van der Waals surface area contributed by atoms with Crippen molar-refractivity contribution in [2.75, 3.05) is 19.7 Å². The summed E-state index contributed by atoms with van der Waals surface area (Å²) in [6, 6.07) is 8.31. The first-order valence-corrected chi connectivity index (χ1v) is 6.59. The summed E-state index contributed by atoms with van der Waals surface area (Å²) < 4.78 is 7.68. The van der Waals surface area contributed by atoms with Crippen LogP contribution in [0.5, 0.6) is 0 Å². The summed E-state index contributed by atoms with van der Waals surface area (Å²) in [6.07, 6.45) is 0. The largest absolute Gasteiger partial charge is 0.374 e. The third-order valence-electron chi connectivity index (χ3n) is 2.95. The van der Waals surface area contributed by atoms with Crippen molar-refractivity contribution in [1.82, 2.24) is 15.1 Å². The fourth-order valence-electron chi connectivity index (χ4n) is 2.03. The highest BCUT2D eigenvalue weighted by molar-refractivity contribution is 5.81. The number of aryl methyl sites for hydroxylation is 1. The van der Waals surface area contributed by atoms with Crippen molar-refractivity contribution in [1.29, 1.82) is 0 Å². The van der Waals surface area contributed by atoms with Gasteiger partial charge >= 0.3 is 0 Å². The van der Waals surface area contributed by atoms with Crippen LogP contribution in [0.4, 0.5) is 0 Å². The van der Waals surface area contributed by atoms with Gasteiger partial charge in [-0.3, -0.25) is 4.68 Å². The number of aromatic nitrogens is 2. The summed E-state index contributed by atoms with van der Waals surface area (Å²) in [5, 5.41) is 9.03. The Kier molecular flexibility index (Phi) is 4.73. The topological polar surface area (TPSA) is 39.1 Å². The Labute approximate surface area is 108 Å². The van der Waals surface area contributed by atoms with Crippen LogP contribution in [0.2, 0.25) is 0 Å². The maximum absolute atomic E-state index is 5.65. The molecule has 0 aliphatic rings. The second kappa shape index (κ2) is 6.52. The average Bonchev–Trinajstić information content (AvgIpc) is 2.77. The van der Waals surface area contributed by atoms with Gasteiger partial charge in [0.2, 0.25) is 0 Å². The number of benzene rings is 1. The normalized spacial score (nSPS) is 11.2. The Morgan fingerprint density at radius 3 is 2.89 bits per heavy atom. The average molecular weight is 247 g/mol. The molecule has 0 aliphatic heterocycles. The van der Waals surface area contributed by atoms with Crippen LogP contribution in [-0.2, 0) is 17.9 Å². The Hall–Kier alpha value is -1.39. The molecule has 0 spiro atoms. The zero-order chi connectivity index (χ0) is 12.8. The molecule has 0 atom stereocenters. The van der Waals surface area contributed by atoms with Crippen LogP contribution in [0.25, 0.3) is 10.9 Å². The Bertz CT molecular complexity index is 493. The molecule has 1 aromatic carbocycles. The number of para-hydroxylation sites is 1. The van der Waals surface area contributed by atoms with E-state index in [9.17, 15) is 0 Å². The SMILES string of the molecule is CCNCCOCc1nn(CC)c2ccccc12. The third-order valence-corrected chi connectivity index (χ3v) is 2.95. The van der Waals surface area contributed by atoms with E-state index in [1.807, 2.05) is 16.8 Å². The summed E-state index contributed by atoms with van der Waals surface area (Å²) in [5.74, 6) is 0. The number of fused-ring (bicyclic) bond motifs is 1. The zero-order valence-corrected chi connectivity index (χ0v) is 11.1. The van der Waals surface area contributed by atoms with Gasteiger partial charge in [-0.25, -0.2) is 0 Å². The maximum atomic E-state index is 5.65. The monoisotopic (exact) mass is 247 g/mol. The van der Waals surface area contributed by atoms with Crippen molar-refractivity contribution < 1.29 is 4.74 Å². The molecule has 0 aliphatic carbocycles. The van der Waals surface area contributed by atoms with Crippen LogP contribution in [0.1, 0.15) is 19.5 Å². The molecule has 1 aromatic heterocycles. The van der Waals surface area contributed by atoms with Gasteiger partial charge in [0, 0.05) is 18.5 Å². The van der Waals surface area contributed by atoms with E-state index in [4.69, 9.17) is 4.74 Å². The number of hydrogen-bond acceptors (Lipinski definition) is 3. The van der Waals surface area contributed by atoms with Crippen LogP contribution in [0.3, 0.4) is 0 Å². The fraction of sp³-hybridized carbons (Fsp3) is 0.500. The summed E-state index contributed by atoms with van der Waals surface area (Å²) in [7, 11) is 0. The van der Waals surface area contributed by atoms with E-state index < -0.39 is 0 Å². The van der Waals surface area contributed by atoms with Crippen LogP contribution in [0.15, 0.2) is 24.3 Å². The molecule has 4 nitrogen and oxygen atoms in total. The molecule has 2 aromatic rings.